The molecule has 0 aromatic heterocycles. The van der Waals surface area contributed by atoms with E-state index in [4.69, 9.17) is 10.5 Å². The van der Waals surface area contributed by atoms with Crippen molar-refractivity contribution < 1.29 is 9.53 Å². The van der Waals surface area contributed by atoms with Crippen molar-refractivity contribution in [3.63, 3.8) is 0 Å². The van der Waals surface area contributed by atoms with Gasteiger partial charge in [-0.2, -0.15) is 0 Å². The number of benzene rings is 2. The minimum atomic E-state index is 0.0470. The lowest BCUT2D eigenvalue weighted by Gasteiger charge is -2.37. The van der Waals surface area contributed by atoms with Crippen LogP contribution in [-0.2, 0) is 4.79 Å². The van der Waals surface area contributed by atoms with E-state index >= 15 is 0 Å². The summed E-state index contributed by atoms with van der Waals surface area (Å²) >= 11 is 0. The van der Waals surface area contributed by atoms with Crippen LogP contribution in [0.2, 0.25) is 0 Å². The van der Waals surface area contributed by atoms with Crippen molar-refractivity contribution in [2.75, 3.05) is 39.0 Å². The normalized spacial score (nSPS) is 21.1. The number of rotatable bonds is 7. The van der Waals surface area contributed by atoms with E-state index in [-0.39, 0.29) is 12.5 Å². The van der Waals surface area contributed by atoms with E-state index in [2.05, 4.69) is 35.2 Å². The first-order chi connectivity index (χ1) is 15.8. The Bertz CT molecular complexity index is 967. The first kappa shape index (κ1) is 23.6. The number of nitrogen functional groups attached to an aromatic ring is 1. The van der Waals surface area contributed by atoms with Gasteiger partial charge in [0.05, 0.1) is 0 Å². The maximum atomic E-state index is 12.9. The Hall–Kier alpha value is -2.53. The molecular formula is C28H39N3O2. The Kier molecular flexibility index (Phi) is 6.99. The Labute approximate surface area is 198 Å². The SMILES string of the molecule is Cc1c(C)c(OCC(=O)N(C)C2CCN(C[C@@H]3C[C@H]3c3ccccc3)CC2)c(C)c(C)c1N. The molecule has 2 aromatic rings. The molecule has 1 heterocycles. The number of ether oxygens (including phenoxy) is 1. The Morgan fingerprint density at radius 1 is 1.03 bits per heavy atom. The minimum Gasteiger partial charge on any atom is -0.483 e. The third-order valence-corrected chi connectivity index (χ3v) is 8.10. The van der Waals surface area contributed by atoms with Gasteiger partial charge in [0.15, 0.2) is 6.61 Å². The van der Waals surface area contributed by atoms with Crippen molar-refractivity contribution in [2.24, 2.45) is 5.92 Å². The minimum absolute atomic E-state index is 0.0470. The summed E-state index contributed by atoms with van der Waals surface area (Å²) in [5.74, 6) is 2.37. The van der Waals surface area contributed by atoms with Gasteiger partial charge in [-0.15, -0.1) is 0 Å². The zero-order chi connectivity index (χ0) is 23.7. The summed E-state index contributed by atoms with van der Waals surface area (Å²) in [5, 5.41) is 0. The summed E-state index contributed by atoms with van der Waals surface area (Å²) < 4.78 is 6.04. The van der Waals surface area contributed by atoms with Gasteiger partial charge in [0.2, 0.25) is 0 Å². The highest BCUT2D eigenvalue weighted by Gasteiger charge is 2.39. The van der Waals surface area contributed by atoms with Crippen LogP contribution in [0.5, 0.6) is 5.75 Å². The van der Waals surface area contributed by atoms with Crippen LogP contribution in [0.3, 0.4) is 0 Å². The molecule has 2 aromatic carbocycles. The first-order valence-electron chi connectivity index (χ1n) is 12.3. The summed E-state index contributed by atoms with van der Waals surface area (Å²) in [6, 6.07) is 11.2. The average Bonchev–Trinajstić information content (AvgIpc) is 3.61. The first-order valence-corrected chi connectivity index (χ1v) is 12.3. The van der Waals surface area contributed by atoms with E-state index in [9.17, 15) is 4.79 Å². The second-order valence-electron chi connectivity index (χ2n) is 10.1. The van der Waals surface area contributed by atoms with E-state index in [0.717, 1.165) is 71.5 Å². The van der Waals surface area contributed by atoms with Gasteiger partial charge in [0, 0.05) is 38.4 Å². The number of carbonyl (C=O) groups excluding carboxylic acids is 1. The monoisotopic (exact) mass is 449 g/mol. The lowest BCUT2D eigenvalue weighted by molar-refractivity contribution is -0.135. The molecule has 5 heteroatoms. The number of amides is 1. The molecule has 1 amide bonds. The van der Waals surface area contributed by atoms with Crippen LogP contribution >= 0.6 is 0 Å². The van der Waals surface area contributed by atoms with Gasteiger partial charge in [0.1, 0.15) is 5.75 Å². The molecule has 33 heavy (non-hydrogen) atoms. The Morgan fingerprint density at radius 3 is 2.24 bits per heavy atom. The van der Waals surface area contributed by atoms with Crippen LogP contribution in [0.1, 0.15) is 53.0 Å². The van der Waals surface area contributed by atoms with Crippen LogP contribution in [0.15, 0.2) is 30.3 Å². The highest BCUT2D eigenvalue weighted by atomic mass is 16.5. The molecule has 1 aliphatic heterocycles. The third kappa shape index (κ3) is 5.03. The summed E-state index contributed by atoms with van der Waals surface area (Å²) in [6.07, 6.45) is 3.37. The Morgan fingerprint density at radius 2 is 1.64 bits per heavy atom. The molecule has 178 valence electrons. The average molecular weight is 450 g/mol. The predicted molar refractivity (Wildman–Crippen MR) is 135 cm³/mol. The van der Waals surface area contributed by atoms with Crippen molar-refractivity contribution in [1.29, 1.82) is 0 Å². The number of nitrogens with zero attached hydrogens (tertiary/aromatic N) is 2. The summed E-state index contributed by atoms with van der Waals surface area (Å²) in [6.45, 7) is 11.4. The van der Waals surface area contributed by atoms with E-state index in [1.54, 1.807) is 0 Å². The van der Waals surface area contributed by atoms with Gasteiger partial charge >= 0.3 is 0 Å². The number of nitrogens with two attached hydrogens (primary N) is 1. The largest absolute Gasteiger partial charge is 0.483 e. The molecule has 1 saturated heterocycles. The smallest absolute Gasteiger partial charge is 0.260 e. The molecule has 2 aliphatic rings. The second kappa shape index (κ2) is 9.76. The zero-order valence-electron chi connectivity index (χ0n) is 20.9. The van der Waals surface area contributed by atoms with Crippen molar-refractivity contribution in [2.45, 2.75) is 58.9 Å². The van der Waals surface area contributed by atoms with Gasteiger partial charge in [-0.1, -0.05) is 30.3 Å². The van der Waals surface area contributed by atoms with Gasteiger partial charge in [0.25, 0.3) is 5.91 Å². The lowest BCUT2D eigenvalue weighted by atomic mass is 9.97. The van der Waals surface area contributed by atoms with E-state index in [1.807, 2.05) is 39.6 Å². The number of likely N-dealkylation sites (tertiary alicyclic amines) is 1. The van der Waals surface area contributed by atoms with Gasteiger partial charge in [-0.05, 0) is 86.6 Å². The summed E-state index contributed by atoms with van der Waals surface area (Å²) in [7, 11) is 1.93. The molecule has 0 bridgehead atoms. The molecule has 1 aliphatic carbocycles. The molecule has 1 saturated carbocycles. The fourth-order valence-electron chi connectivity index (χ4n) is 5.34. The van der Waals surface area contributed by atoms with Crippen LogP contribution in [0.25, 0.3) is 0 Å². The molecule has 2 fully saturated rings. The molecule has 4 rings (SSSR count). The lowest BCUT2D eigenvalue weighted by Crippen LogP contribution is -2.47. The highest BCUT2D eigenvalue weighted by Crippen LogP contribution is 2.47. The topological polar surface area (TPSA) is 58.8 Å². The maximum absolute atomic E-state index is 12.9. The Balaban J connectivity index is 1.25. The molecule has 0 unspecified atom stereocenters. The number of hydrogen-bond donors (Lipinski definition) is 1. The maximum Gasteiger partial charge on any atom is 0.260 e. The van der Waals surface area contributed by atoms with Crippen molar-refractivity contribution in [3.05, 3.63) is 58.1 Å². The van der Waals surface area contributed by atoms with E-state index in [1.165, 1.54) is 18.5 Å². The van der Waals surface area contributed by atoms with Crippen molar-refractivity contribution >= 4 is 11.6 Å². The predicted octanol–water partition coefficient (Wildman–Crippen LogP) is 4.61. The zero-order valence-corrected chi connectivity index (χ0v) is 20.9. The van der Waals surface area contributed by atoms with Gasteiger partial charge in [-0.3, -0.25) is 4.79 Å². The van der Waals surface area contributed by atoms with Crippen LogP contribution in [0, 0.1) is 33.6 Å². The second-order valence-corrected chi connectivity index (χ2v) is 10.1. The number of likely N-dealkylation sites (N-methyl/N-ethyl adjacent to an activating group) is 1. The molecule has 2 N–H and O–H groups in total. The number of piperidine rings is 1. The van der Waals surface area contributed by atoms with Crippen molar-refractivity contribution in [1.82, 2.24) is 9.80 Å². The summed E-state index contributed by atoms with van der Waals surface area (Å²) in [4.78, 5) is 17.4. The van der Waals surface area contributed by atoms with E-state index in [0.29, 0.717) is 6.04 Å². The number of hydrogen-bond acceptors (Lipinski definition) is 4. The fraction of sp³-hybridized carbons (Fsp3) is 0.536. The quantitative estimate of drug-likeness (QED) is 0.627. The number of carbonyl (C=O) groups is 1. The number of anilines is 1. The van der Waals surface area contributed by atoms with Crippen molar-refractivity contribution in [3.8, 4) is 5.75 Å². The van der Waals surface area contributed by atoms with Crippen LogP contribution in [-0.4, -0.2) is 55.0 Å². The fourth-order valence-corrected chi connectivity index (χ4v) is 5.34. The van der Waals surface area contributed by atoms with Crippen LogP contribution < -0.4 is 10.5 Å². The third-order valence-electron chi connectivity index (χ3n) is 8.10. The standard InChI is InChI=1S/C28H39N3O2/c1-18-20(3)28(21(4)19(2)27(18)29)33-17-26(32)30(5)24-11-13-31(14-12-24)16-23-15-25(23)22-9-7-6-8-10-22/h6-10,23-25H,11-17,29H2,1-5H3/t23-,25-/m0/s1. The molecule has 2 atom stereocenters. The summed E-state index contributed by atoms with van der Waals surface area (Å²) in [5.41, 5.74) is 12.6. The van der Waals surface area contributed by atoms with Gasteiger partial charge < -0.3 is 20.3 Å². The van der Waals surface area contributed by atoms with Crippen LogP contribution in [0.4, 0.5) is 5.69 Å². The van der Waals surface area contributed by atoms with Gasteiger partial charge in [-0.25, -0.2) is 0 Å². The molecule has 0 spiro atoms. The van der Waals surface area contributed by atoms with E-state index < -0.39 is 0 Å². The highest BCUT2D eigenvalue weighted by molar-refractivity contribution is 5.78. The molecular weight excluding hydrogens is 410 g/mol. The molecule has 5 nitrogen and oxygen atoms in total. The molecule has 0 radical (unpaired) electrons.